The number of anilines is 1. The van der Waals surface area contributed by atoms with E-state index in [0.29, 0.717) is 6.41 Å². The summed E-state index contributed by atoms with van der Waals surface area (Å²) in [5.41, 5.74) is -0.0168. The fourth-order valence-corrected chi connectivity index (χ4v) is 2.11. The smallest absolute Gasteiger partial charge is 0.328 e. The Bertz CT molecular complexity index is 718. The first-order valence-corrected chi connectivity index (χ1v) is 8.44. The average Bonchev–Trinajstić information content (AvgIpc) is 3.48. The molecule has 0 radical (unpaired) electrons. The van der Waals surface area contributed by atoms with Crippen molar-refractivity contribution in [2.75, 3.05) is 18.7 Å². The van der Waals surface area contributed by atoms with Gasteiger partial charge in [0.25, 0.3) is 5.91 Å². The number of carbonyl (C=O) groups is 4. The maximum absolute atomic E-state index is 12.5. The summed E-state index contributed by atoms with van der Waals surface area (Å²) in [5, 5.41) is 4.82. The summed E-state index contributed by atoms with van der Waals surface area (Å²) in [6.07, 6.45) is 3.26. The van der Waals surface area contributed by atoms with Gasteiger partial charge in [0.15, 0.2) is 11.4 Å². The van der Waals surface area contributed by atoms with Gasteiger partial charge in [-0.25, -0.2) is 9.78 Å². The number of esters is 2. The molecule has 1 aliphatic carbocycles. The van der Waals surface area contributed by atoms with Crippen molar-refractivity contribution in [1.29, 1.82) is 0 Å². The van der Waals surface area contributed by atoms with Crippen molar-refractivity contribution in [1.82, 2.24) is 10.3 Å². The van der Waals surface area contributed by atoms with Crippen molar-refractivity contribution in [2.24, 2.45) is 5.92 Å². The summed E-state index contributed by atoms with van der Waals surface area (Å²) in [5.74, 6) is -1.89. The first kappa shape index (κ1) is 20.1. The molecule has 2 amide bonds. The number of rotatable bonds is 10. The maximum atomic E-state index is 12.5. The number of ether oxygens (including phenoxy) is 3. The number of hydrogen-bond acceptors (Lipinski definition) is 8. The molecule has 1 atom stereocenters. The van der Waals surface area contributed by atoms with Gasteiger partial charge in [-0.1, -0.05) is 0 Å². The number of carbonyl (C=O) groups excluding carboxylic acids is 4. The van der Waals surface area contributed by atoms with Gasteiger partial charge >= 0.3 is 11.9 Å². The van der Waals surface area contributed by atoms with Gasteiger partial charge < -0.3 is 24.8 Å². The molecule has 1 aromatic rings. The first-order valence-electron chi connectivity index (χ1n) is 8.44. The molecule has 1 aromatic heterocycles. The van der Waals surface area contributed by atoms with Gasteiger partial charge in [-0.05, 0) is 32.8 Å². The van der Waals surface area contributed by atoms with E-state index >= 15 is 0 Å². The highest BCUT2D eigenvalue weighted by atomic mass is 16.7. The van der Waals surface area contributed by atoms with Gasteiger partial charge in [0.1, 0.15) is 6.04 Å². The molecule has 27 heavy (non-hydrogen) atoms. The summed E-state index contributed by atoms with van der Waals surface area (Å²) < 4.78 is 15.2. The van der Waals surface area contributed by atoms with Crippen LogP contribution in [0.1, 0.15) is 37.2 Å². The third-order valence-electron chi connectivity index (χ3n) is 3.64. The highest BCUT2D eigenvalue weighted by Crippen LogP contribution is 2.31. The standard InChI is InChI=1S/C17H21N3O7/c1-3-25-16(23)10(2)20-15(22)13-14(12(19-8-21)6-7-18-13)26-9-27-17(24)11-4-5-11/h6-8,10-11H,3-5,9H2,1-2H3,(H,20,22)(H,18,19,21). The summed E-state index contributed by atoms with van der Waals surface area (Å²) in [4.78, 5) is 50.5. The molecule has 146 valence electrons. The van der Waals surface area contributed by atoms with Crippen LogP contribution >= 0.6 is 0 Å². The molecule has 2 rings (SSSR count). The minimum atomic E-state index is -0.914. The number of nitrogens with zero attached hydrogens (tertiary/aromatic N) is 1. The first-order chi connectivity index (χ1) is 13.0. The van der Waals surface area contributed by atoms with Crippen LogP contribution in [-0.4, -0.2) is 48.7 Å². The Morgan fingerprint density at radius 3 is 2.70 bits per heavy atom. The Hall–Kier alpha value is -3.17. The van der Waals surface area contributed by atoms with Gasteiger partial charge in [0, 0.05) is 6.20 Å². The van der Waals surface area contributed by atoms with Crippen molar-refractivity contribution in [3.63, 3.8) is 0 Å². The topological polar surface area (TPSA) is 133 Å². The Balaban J connectivity index is 2.11. The van der Waals surface area contributed by atoms with E-state index in [1.807, 2.05) is 0 Å². The van der Waals surface area contributed by atoms with Crippen LogP contribution in [0.25, 0.3) is 0 Å². The molecule has 2 N–H and O–H groups in total. The average molecular weight is 379 g/mol. The zero-order valence-electron chi connectivity index (χ0n) is 15.0. The number of nitrogens with one attached hydrogen (secondary N) is 2. The van der Waals surface area contributed by atoms with Crippen molar-refractivity contribution in [3.8, 4) is 5.75 Å². The SMILES string of the molecule is CCOC(=O)C(C)NC(=O)c1nccc(NC=O)c1OCOC(=O)C1CC1. The van der Waals surface area contributed by atoms with Crippen LogP contribution < -0.4 is 15.4 Å². The molecule has 0 aromatic carbocycles. The molecular formula is C17H21N3O7. The van der Waals surface area contributed by atoms with Crippen LogP contribution in [0.3, 0.4) is 0 Å². The molecule has 1 heterocycles. The second-order valence-corrected chi connectivity index (χ2v) is 5.75. The second kappa shape index (κ2) is 9.51. The number of aromatic nitrogens is 1. The second-order valence-electron chi connectivity index (χ2n) is 5.75. The molecular weight excluding hydrogens is 358 g/mol. The number of amides is 2. The Kier molecular flexibility index (Phi) is 7.09. The maximum Gasteiger partial charge on any atom is 0.328 e. The summed E-state index contributed by atoms with van der Waals surface area (Å²) in [7, 11) is 0. The van der Waals surface area contributed by atoms with Crippen molar-refractivity contribution < 1.29 is 33.4 Å². The zero-order chi connectivity index (χ0) is 19.8. The van der Waals surface area contributed by atoms with Crippen LogP contribution in [0, 0.1) is 5.92 Å². The monoisotopic (exact) mass is 379 g/mol. The fraction of sp³-hybridized carbons (Fsp3) is 0.471. The fourth-order valence-electron chi connectivity index (χ4n) is 2.11. The number of hydrogen-bond donors (Lipinski definition) is 2. The lowest BCUT2D eigenvalue weighted by molar-refractivity contribution is -0.151. The van der Waals surface area contributed by atoms with Crippen LogP contribution in [0.15, 0.2) is 12.3 Å². The van der Waals surface area contributed by atoms with E-state index in [-0.39, 0.29) is 35.6 Å². The van der Waals surface area contributed by atoms with Crippen molar-refractivity contribution in [2.45, 2.75) is 32.7 Å². The van der Waals surface area contributed by atoms with E-state index in [4.69, 9.17) is 14.2 Å². The normalized spacial score (nSPS) is 13.9. The molecule has 0 bridgehead atoms. The van der Waals surface area contributed by atoms with E-state index in [1.54, 1.807) is 6.92 Å². The van der Waals surface area contributed by atoms with E-state index < -0.39 is 24.7 Å². The van der Waals surface area contributed by atoms with Gasteiger partial charge in [-0.3, -0.25) is 14.4 Å². The van der Waals surface area contributed by atoms with Crippen LogP contribution in [-0.2, 0) is 23.9 Å². The largest absolute Gasteiger partial charge is 0.464 e. The van der Waals surface area contributed by atoms with Crippen LogP contribution in [0.5, 0.6) is 5.75 Å². The quantitative estimate of drug-likeness (QED) is 0.343. The third-order valence-corrected chi connectivity index (χ3v) is 3.64. The lowest BCUT2D eigenvalue weighted by Gasteiger charge is -2.16. The Morgan fingerprint density at radius 2 is 2.07 bits per heavy atom. The summed E-state index contributed by atoms with van der Waals surface area (Å²) in [6.45, 7) is 2.85. The molecule has 0 aliphatic heterocycles. The molecule has 1 aliphatic rings. The number of pyridine rings is 1. The molecule has 1 saturated carbocycles. The van der Waals surface area contributed by atoms with E-state index in [9.17, 15) is 19.2 Å². The molecule has 1 unspecified atom stereocenters. The Labute approximate surface area is 155 Å². The van der Waals surface area contributed by atoms with Gasteiger partial charge in [0.05, 0.1) is 18.2 Å². The molecule has 10 heteroatoms. The van der Waals surface area contributed by atoms with Crippen LogP contribution in [0.4, 0.5) is 5.69 Å². The van der Waals surface area contributed by atoms with Gasteiger partial charge in [-0.2, -0.15) is 0 Å². The Morgan fingerprint density at radius 1 is 1.33 bits per heavy atom. The predicted molar refractivity (Wildman–Crippen MR) is 91.8 cm³/mol. The van der Waals surface area contributed by atoms with Gasteiger partial charge in [-0.15, -0.1) is 0 Å². The van der Waals surface area contributed by atoms with Crippen molar-refractivity contribution >= 4 is 29.9 Å². The summed E-state index contributed by atoms with van der Waals surface area (Å²) >= 11 is 0. The minimum absolute atomic E-state index is 0.0817. The molecule has 0 spiro atoms. The van der Waals surface area contributed by atoms with Crippen LogP contribution in [0.2, 0.25) is 0 Å². The van der Waals surface area contributed by atoms with Crippen molar-refractivity contribution in [3.05, 3.63) is 18.0 Å². The zero-order valence-corrected chi connectivity index (χ0v) is 15.0. The summed E-state index contributed by atoms with van der Waals surface area (Å²) in [6, 6.07) is 0.500. The lowest BCUT2D eigenvalue weighted by atomic mass is 10.2. The van der Waals surface area contributed by atoms with Gasteiger partial charge in [0.2, 0.25) is 13.2 Å². The molecule has 10 nitrogen and oxygen atoms in total. The highest BCUT2D eigenvalue weighted by Gasteiger charge is 2.31. The minimum Gasteiger partial charge on any atom is -0.464 e. The molecule has 1 fully saturated rings. The highest BCUT2D eigenvalue weighted by molar-refractivity contribution is 5.99. The van der Waals surface area contributed by atoms with E-state index in [2.05, 4.69) is 15.6 Å². The van der Waals surface area contributed by atoms with E-state index in [0.717, 1.165) is 12.8 Å². The third kappa shape index (κ3) is 5.66. The molecule has 0 saturated heterocycles. The van der Waals surface area contributed by atoms with E-state index in [1.165, 1.54) is 19.2 Å². The lowest BCUT2D eigenvalue weighted by Crippen LogP contribution is -2.40. The predicted octanol–water partition coefficient (Wildman–Crippen LogP) is 0.621.